The van der Waals surface area contributed by atoms with Gasteiger partial charge in [-0.25, -0.2) is 0 Å². The molecule has 0 bridgehead atoms. The van der Waals surface area contributed by atoms with Gasteiger partial charge in [0, 0.05) is 28.5 Å². The SMILES string of the molecule is COc1cc(N)ccc1SC1CCOC2(CCSCC2)C1. The summed E-state index contributed by atoms with van der Waals surface area (Å²) in [6.45, 7) is 0.889. The third-order valence-electron chi connectivity index (χ3n) is 4.33. The molecule has 3 rings (SSSR count). The molecule has 2 heterocycles. The third-order valence-corrected chi connectivity index (χ3v) is 6.65. The molecule has 1 unspecified atom stereocenters. The zero-order chi connectivity index (χ0) is 14.7. The smallest absolute Gasteiger partial charge is 0.134 e. The maximum atomic E-state index is 6.17. The molecule has 0 aliphatic carbocycles. The molecule has 0 aromatic heterocycles. The first-order valence-corrected chi connectivity index (χ1v) is 9.56. The number of nitrogens with two attached hydrogens (primary N) is 1. The lowest BCUT2D eigenvalue weighted by atomic mass is 9.88. The van der Waals surface area contributed by atoms with Crippen LogP contribution in [0.5, 0.6) is 5.75 Å². The summed E-state index contributed by atoms with van der Waals surface area (Å²) in [5.41, 5.74) is 6.73. The quantitative estimate of drug-likeness (QED) is 0.856. The minimum Gasteiger partial charge on any atom is -0.496 e. The molecule has 5 heteroatoms. The van der Waals surface area contributed by atoms with E-state index < -0.39 is 0 Å². The van der Waals surface area contributed by atoms with Crippen LogP contribution in [0, 0.1) is 0 Å². The number of nitrogen functional groups attached to an aromatic ring is 1. The van der Waals surface area contributed by atoms with Crippen LogP contribution in [0.1, 0.15) is 25.7 Å². The van der Waals surface area contributed by atoms with Gasteiger partial charge in [0.1, 0.15) is 5.75 Å². The zero-order valence-corrected chi connectivity index (χ0v) is 14.1. The molecule has 1 atom stereocenters. The van der Waals surface area contributed by atoms with Crippen molar-refractivity contribution in [3.8, 4) is 5.75 Å². The van der Waals surface area contributed by atoms with Gasteiger partial charge in [-0.2, -0.15) is 11.8 Å². The molecule has 2 saturated heterocycles. The van der Waals surface area contributed by atoms with Crippen molar-refractivity contribution in [1.29, 1.82) is 0 Å². The lowest BCUT2D eigenvalue weighted by Crippen LogP contribution is -2.43. The predicted molar refractivity (Wildman–Crippen MR) is 91.5 cm³/mol. The summed E-state index contributed by atoms with van der Waals surface area (Å²) in [5.74, 6) is 3.37. The van der Waals surface area contributed by atoms with Gasteiger partial charge in [0.25, 0.3) is 0 Å². The lowest BCUT2D eigenvalue weighted by molar-refractivity contribution is -0.0805. The molecular weight excluding hydrogens is 302 g/mol. The molecule has 2 aliphatic heterocycles. The van der Waals surface area contributed by atoms with Crippen molar-refractivity contribution < 1.29 is 9.47 Å². The highest BCUT2D eigenvalue weighted by molar-refractivity contribution is 8.00. The van der Waals surface area contributed by atoms with Crippen LogP contribution in [-0.2, 0) is 4.74 Å². The summed E-state index contributed by atoms with van der Waals surface area (Å²) < 4.78 is 11.6. The van der Waals surface area contributed by atoms with Crippen molar-refractivity contribution in [3.05, 3.63) is 18.2 Å². The Hall–Kier alpha value is -0.520. The van der Waals surface area contributed by atoms with Crippen molar-refractivity contribution in [2.24, 2.45) is 0 Å². The second-order valence-corrected chi connectivity index (χ2v) is 8.35. The predicted octanol–water partition coefficient (Wildman–Crippen LogP) is 3.81. The highest BCUT2D eigenvalue weighted by Gasteiger charge is 2.39. The topological polar surface area (TPSA) is 44.5 Å². The van der Waals surface area contributed by atoms with Gasteiger partial charge in [0.2, 0.25) is 0 Å². The van der Waals surface area contributed by atoms with E-state index in [0.717, 1.165) is 30.9 Å². The molecule has 1 aromatic carbocycles. The number of hydrogen-bond donors (Lipinski definition) is 1. The monoisotopic (exact) mass is 325 g/mol. The Kier molecular flexibility index (Phi) is 4.92. The highest BCUT2D eigenvalue weighted by atomic mass is 32.2. The van der Waals surface area contributed by atoms with Gasteiger partial charge in [-0.3, -0.25) is 0 Å². The Morgan fingerprint density at radius 3 is 2.95 bits per heavy atom. The van der Waals surface area contributed by atoms with Gasteiger partial charge in [0.15, 0.2) is 0 Å². The molecule has 0 amide bonds. The molecule has 1 aromatic rings. The van der Waals surface area contributed by atoms with E-state index in [1.807, 2.05) is 23.9 Å². The molecule has 1 spiro atoms. The van der Waals surface area contributed by atoms with E-state index >= 15 is 0 Å². The van der Waals surface area contributed by atoms with Crippen LogP contribution < -0.4 is 10.5 Å². The van der Waals surface area contributed by atoms with Gasteiger partial charge in [-0.05, 0) is 49.3 Å². The molecule has 0 saturated carbocycles. The number of hydrogen-bond acceptors (Lipinski definition) is 5. The number of methoxy groups -OCH3 is 1. The normalized spacial score (nSPS) is 24.9. The fourth-order valence-electron chi connectivity index (χ4n) is 3.14. The van der Waals surface area contributed by atoms with Crippen LogP contribution in [-0.4, -0.2) is 36.1 Å². The fourth-order valence-corrected chi connectivity index (χ4v) is 5.74. The Morgan fingerprint density at radius 1 is 1.38 bits per heavy atom. The van der Waals surface area contributed by atoms with Gasteiger partial charge in [-0.1, -0.05) is 0 Å². The molecule has 116 valence electrons. The minimum absolute atomic E-state index is 0.141. The van der Waals surface area contributed by atoms with Crippen LogP contribution >= 0.6 is 23.5 Å². The van der Waals surface area contributed by atoms with E-state index in [9.17, 15) is 0 Å². The van der Waals surface area contributed by atoms with E-state index in [0.29, 0.717) is 5.25 Å². The first kappa shape index (κ1) is 15.4. The Bertz CT molecular complexity index is 484. The number of rotatable bonds is 3. The first-order chi connectivity index (χ1) is 10.2. The summed E-state index contributed by atoms with van der Waals surface area (Å²) >= 11 is 3.98. The van der Waals surface area contributed by atoms with E-state index in [2.05, 4.69) is 17.8 Å². The maximum Gasteiger partial charge on any atom is 0.134 e. The standard InChI is InChI=1S/C16H23NO2S2/c1-18-14-10-12(17)2-3-15(14)21-13-4-7-19-16(11-13)5-8-20-9-6-16/h2-3,10,13H,4-9,11,17H2,1H3. The van der Waals surface area contributed by atoms with E-state index in [-0.39, 0.29) is 5.60 Å². The lowest BCUT2D eigenvalue weighted by Gasteiger charge is -2.43. The van der Waals surface area contributed by atoms with Crippen molar-refractivity contribution >= 4 is 29.2 Å². The van der Waals surface area contributed by atoms with Crippen LogP contribution in [0.3, 0.4) is 0 Å². The van der Waals surface area contributed by atoms with Crippen molar-refractivity contribution in [3.63, 3.8) is 0 Å². The molecule has 3 nitrogen and oxygen atoms in total. The molecule has 0 radical (unpaired) electrons. The largest absolute Gasteiger partial charge is 0.496 e. The van der Waals surface area contributed by atoms with Gasteiger partial charge in [0.05, 0.1) is 12.7 Å². The van der Waals surface area contributed by atoms with Crippen LogP contribution in [0.15, 0.2) is 23.1 Å². The summed E-state index contributed by atoms with van der Waals surface area (Å²) in [5, 5.41) is 0.611. The second-order valence-electron chi connectivity index (χ2n) is 5.79. The Balaban J connectivity index is 1.70. The number of thioether (sulfide) groups is 2. The minimum atomic E-state index is 0.141. The third kappa shape index (κ3) is 3.63. The van der Waals surface area contributed by atoms with Crippen molar-refractivity contribution in [2.45, 2.75) is 41.4 Å². The van der Waals surface area contributed by atoms with Gasteiger partial charge >= 0.3 is 0 Å². The van der Waals surface area contributed by atoms with Crippen LogP contribution in [0.4, 0.5) is 5.69 Å². The van der Waals surface area contributed by atoms with Crippen molar-refractivity contribution in [1.82, 2.24) is 0 Å². The maximum absolute atomic E-state index is 6.17. The summed E-state index contributed by atoms with van der Waals surface area (Å²) in [7, 11) is 1.71. The summed E-state index contributed by atoms with van der Waals surface area (Å²) in [6.07, 6.45) is 4.68. The summed E-state index contributed by atoms with van der Waals surface area (Å²) in [4.78, 5) is 1.19. The number of ether oxygens (including phenoxy) is 2. The zero-order valence-electron chi connectivity index (χ0n) is 12.5. The van der Waals surface area contributed by atoms with E-state index in [4.69, 9.17) is 15.2 Å². The van der Waals surface area contributed by atoms with Gasteiger partial charge < -0.3 is 15.2 Å². The van der Waals surface area contributed by atoms with Crippen molar-refractivity contribution in [2.75, 3.05) is 31.0 Å². The number of benzene rings is 1. The first-order valence-electron chi connectivity index (χ1n) is 7.53. The van der Waals surface area contributed by atoms with E-state index in [1.165, 1.54) is 29.2 Å². The van der Waals surface area contributed by atoms with E-state index in [1.54, 1.807) is 7.11 Å². The Labute approximate surface area is 135 Å². The van der Waals surface area contributed by atoms with Crippen LogP contribution in [0.25, 0.3) is 0 Å². The molecular formula is C16H23NO2S2. The fraction of sp³-hybridized carbons (Fsp3) is 0.625. The molecule has 2 fully saturated rings. The second kappa shape index (κ2) is 6.71. The Morgan fingerprint density at radius 2 is 2.19 bits per heavy atom. The molecule has 21 heavy (non-hydrogen) atoms. The highest BCUT2D eigenvalue weighted by Crippen LogP contribution is 2.44. The number of anilines is 1. The molecule has 2 N–H and O–H groups in total. The average molecular weight is 325 g/mol. The summed E-state index contributed by atoms with van der Waals surface area (Å²) in [6, 6.07) is 5.95. The average Bonchev–Trinajstić information content (AvgIpc) is 2.50. The molecule has 2 aliphatic rings. The van der Waals surface area contributed by atoms with Crippen LogP contribution in [0.2, 0.25) is 0 Å². The van der Waals surface area contributed by atoms with Gasteiger partial charge in [-0.15, -0.1) is 11.8 Å².